The summed E-state index contributed by atoms with van der Waals surface area (Å²) >= 11 is 0. The van der Waals surface area contributed by atoms with Gasteiger partial charge in [-0.05, 0) is 51.0 Å². The predicted molar refractivity (Wildman–Crippen MR) is 154 cm³/mol. The minimum Gasteiger partial charge on any atom is -0.489 e. The molecule has 4 heterocycles. The highest BCUT2D eigenvalue weighted by Gasteiger charge is 2.31. The fourth-order valence-electron chi connectivity index (χ4n) is 5.40. The second-order valence-corrected chi connectivity index (χ2v) is 10.9. The molecule has 0 aliphatic carbocycles. The van der Waals surface area contributed by atoms with Crippen LogP contribution in [-0.2, 0) is 0 Å². The Morgan fingerprint density at radius 1 is 1.08 bits per heavy atom. The molecular weight excluding hydrogens is 490 g/mol. The monoisotopic (exact) mass is 525 g/mol. The molecule has 1 amide bonds. The number of hydrogen-bond donors (Lipinski definition) is 1. The average molecular weight is 526 g/mol. The van der Waals surface area contributed by atoms with Gasteiger partial charge in [0, 0.05) is 62.7 Å². The first-order valence-electron chi connectivity index (χ1n) is 13.4. The van der Waals surface area contributed by atoms with Crippen molar-refractivity contribution in [1.29, 1.82) is 0 Å². The minimum absolute atomic E-state index is 0.0157. The number of anilines is 1. The van der Waals surface area contributed by atoms with Gasteiger partial charge in [-0.2, -0.15) is 0 Å². The van der Waals surface area contributed by atoms with Crippen molar-refractivity contribution in [2.24, 2.45) is 0 Å². The van der Waals surface area contributed by atoms with Crippen molar-refractivity contribution in [3.63, 3.8) is 0 Å². The van der Waals surface area contributed by atoms with E-state index >= 15 is 0 Å². The first-order chi connectivity index (χ1) is 18.9. The summed E-state index contributed by atoms with van der Waals surface area (Å²) in [5.41, 5.74) is 7.06. The van der Waals surface area contributed by atoms with Crippen LogP contribution in [0.3, 0.4) is 0 Å². The van der Waals surface area contributed by atoms with E-state index in [0.29, 0.717) is 24.8 Å². The Hall–Kier alpha value is -3.95. The number of ether oxygens (including phenoxy) is 1. The number of aromatic nitrogens is 3. The number of benzene rings is 2. The van der Waals surface area contributed by atoms with Gasteiger partial charge in [0.05, 0.1) is 23.6 Å². The van der Waals surface area contributed by atoms with Gasteiger partial charge < -0.3 is 29.3 Å². The number of carbonyl (C=O) groups is 1. The highest BCUT2D eigenvalue weighted by atomic mass is 16.5. The molecule has 4 aromatic rings. The van der Waals surface area contributed by atoms with Crippen LogP contribution in [0.4, 0.5) is 5.69 Å². The number of hydrogen-bond acceptors (Lipinski definition) is 7. The number of nitrogens with one attached hydrogen (secondary N) is 1. The Bertz CT molecular complexity index is 1500. The lowest BCUT2D eigenvalue weighted by Gasteiger charge is -2.44. The Morgan fingerprint density at radius 3 is 2.67 bits per heavy atom. The van der Waals surface area contributed by atoms with Crippen molar-refractivity contribution in [1.82, 2.24) is 29.7 Å². The van der Waals surface area contributed by atoms with Crippen LogP contribution >= 0.6 is 0 Å². The molecule has 0 radical (unpaired) electrons. The zero-order valence-corrected chi connectivity index (χ0v) is 23.0. The number of fused-ring (bicyclic) bond motifs is 4. The van der Waals surface area contributed by atoms with Crippen molar-refractivity contribution in [3.05, 3.63) is 60.4 Å². The molecule has 2 aliphatic heterocycles. The second-order valence-electron chi connectivity index (χ2n) is 10.9. The van der Waals surface area contributed by atoms with Crippen LogP contribution < -0.4 is 9.64 Å². The predicted octanol–water partition coefficient (Wildman–Crippen LogP) is 3.44. The van der Waals surface area contributed by atoms with E-state index in [1.54, 1.807) is 11.1 Å². The van der Waals surface area contributed by atoms with E-state index in [1.165, 1.54) is 0 Å². The summed E-state index contributed by atoms with van der Waals surface area (Å²) in [6.45, 7) is 5.27. The number of aromatic amines is 1. The molecule has 39 heavy (non-hydrogen) atoms. The number of likely N-dealkylation sites (N-methyl/N-ethyl adjacent to an activating group) is 3. The summed E-state index contributed by atoms with van der Waals surface area (Å²) in [6.07, 6.45) is 3.73. The highest BCUT2D eigenvalue weighted by molar-refractivity contribution is 5.96. The molecule has 1 fully saturated rings. The van der Waals surface area contributed by atoms with E-state index in [-0.39, 0.29) is 5.91 Å². The van der Waals surface area contributed by atoms with E-state index in [1.807, 2.05) is 51.6 Å². The number of rotatable bonds is 6. The van der Waals surface area contributed by atoms with Crippen molar-refractivity contribution >= 4 is 22.8 Å². The normalized spacial score (nSPS) is 17.2. The number of carbonyl (C=O) groups excluding carboxylic acids is 1. The van der Waals surface area contributed by atoms with Crippen LogP contribution in [0.1, 0.15) is 10.4 Å². The molecule has 2 aromatic carbocycles. The van der Waals surface area contributed by atoms with Gasteiger partial charge in [0.1, 0.15) is 17.9 Å². The molecule has 0 spiro atoms. The minimum atomic E-state index is 0.0157. The average Bonchev–Trinajstić information content (AvgIpc) is 3.38. The van der Waals surface area contributed by atoms with E-state index in [0.717, 1.165) is 71.2 Å². The Balaban J connectivity index is 1.25. The van der Waals surface area contributed by atoms with Crippen LogP contribution in [0.2, 0.25) is 0 Å². The molecule has 2 aromatic heterocycles. The number of nitrogens with zero attached hydrogens (tertiary/aromatic N) is 6. The van der Waals surface area contributed by atoms with Gasteiger partial charge in [-0.15, -0.1) is 0 Å². The van der Waals surface area contributed by atoms with E-state index < -0.39 is 0 Å². The maximum atomic E-state index is 12.8. The first-order valence-corrected chi connectivity index (χ1v) is 13.4. The first kappa shape index (κ1) is 25.3. The van der Waals surface area contributed by atoms with Gasteiger partial charge >= 0.3 is 0 Å². The van der Waals surface area contributed by atoms with Gasteiger partial charge in [0.25, 0.3) is 5.91 Å². The third-order valence-electron chi connectivity index (χ3n) is 7.74. The molecule has 9 nitrogen and oxygen atoms in total. The molecule has 0 saturated carbocycles. The molecule has 1 unspecified atom stereocenters. The molecule has 1 N–H and O–H groups in total. The third-order valence-corrected chi connectivity index (χ3v) is 7.74. The quantitative estimate of drug-likeness (QED) is 0.413. The molecule has 0 bridgehead atoms. The zero-order valence-electron chi connectivity index (χ0n) is 23.0. The summed E-state index contributed by atoms with van der Waals surface area (Å²) in [7, 11) is 8.01. The van der Waals surface area contributed by atoms with Gasteiger partial charge in [0.15, 0.2) is 5.65 Å². The maximum Gasteiger partial charge on any atom is 0.253 e. The maximum absolute atomic E-state index is 12.8. The van der Waals surface area contributed by atoms with Crippen LogP contribution in [0.5, 0.6) is 5.75 Å². The Morgan fingerprint density at radius 2 is 1.87 bits per heavy atom. The van der Waals surface area contributed by atoms with Crippen molar-refractivity contribution in [3.8, 4) is 28.1 Å². The lowest BCUT2D eigenvalue weighted by Crippen LogP contribution is -2.56. The zero-order chi connectivity index (χ0) is 27.1. The van der Waals surface area contributed by atoms with Gasteiger partial charge in [-0.25, -0.2) is 9.97 Å². The van der Waals surface area contributed by atoms with Crippen LogP contribution in [0, 0.1) is 0 Å². The third kappa shape index (κ3) is 4.95. The van der Waals surface area contributed by atoms with Crippen molar-refractivity contribution < 1.29 is 9.53 Å². The Labute approximate surface area is 229 Å². The van der Waals surface area contributed by atoms with Gasteiger partial charge in [0.2, 0.25) is 0 Å². The highest BCUT2D eigenvalue weighted by Crippen LogP contribution is 2.38. The largest absolute Gasteiger partial charge is 0.489 e. The molecule has 2 aliphatic rings. The fourth-order valence-corrected chi connectivity index (χ4v) is 5.40. The fraction of sp³-hybridized carbons (Fsp3) is 0.367. The molecule has 9 heteroatoms. The van der Waals surface area contributed by atoms with Gasteiger partial charge in [-0.3, -0.25) is 4.79 Å². The molecule has 6 rings (SSSR count). The Kier molecular flexibility index (Phi) is 6.70. The molecule has 1 saturated heterocycles. The van der Waals surface area contributed by atoms with Crippen LogP contribution in [0.15, 0.2) is 54.9 Å². The van der Waals surface area contributed by atoms with Gasteiger partial charge in [-0.1, -0.05) is 18.2 Å². The number of piperazine rings is 1. The molecule has 1 atom stereocenters. The number of H-pyrrole nitrogens is 1. The van der Waals surface area contributed by atoms with E-state index in [2.05, 4.69) is 49.9 Å². The van der Waals surface area contributed by atoms with E-state index in [9.17, 15) is 4.79 Å². The topological polar surface area (TPSA) is 80.8 Å². The number of amides is 1. The molecule has 202 valence electrons. The summed E-state index contributed by atoms with van der Waals surface area (Å²) in [6, 6.07) is 14.4. The summed E-state index contributed by atoms with van der Waals surface area (Å²) < 4.78 is 6.19. The lowest BCUT2D eigenvalue weighted by molar-refractivity contribution is 0.0786. The SMILES string of the molecule is CN(C)CCN(C)C(=O)c1ccc(-c2c[nH]c3ncc(-c4ccc5c(c4)OCC4CN(C)CCN54)nc23)cc1. The summed E-state index contributed by atoms with van der Waals surface area (Å²) in [4.78, 5) is 34.4. The van der Waals surface area contributed by atoms with Crippen molar-refractivity contribution in [2.75, 3.05) is 72.4 Å². The summed E-state index contributed by atoms with van der Waals surface area (Å²) in [5.74, 6) is 0.919. The second kappa shape index (κ2) is 10.3. The lowest BCUT2D eigenvalue weighted by atomic mass is 10.0. The summed E-state index contributed by atoms with van der Waals surface area (Å²) in [5, 5.41) is 0. The standard InChI is InChI=1S/C30H35N7O2/c1-34(2)11-13-36(4)30(38)21-7-5-20(6-8-21)24-16-31-29-28(24)33-25(17-32-29)22-9-10-26-27(15-22)39-19-23-18-35(3)12-14-37(23)26/h5-10,15-17,23H,11-14,18-19H2,1-4H3,(H,31,32). The smallest absolute Gasteiger partial charge is 0.253 e. The van der Waals surface area contributed by atoms with Crippen LogP contribution in [0.25, 0.3) is 33.5 Å². The van der Waals surface area contributed by atoms with Crippen LogP contribution in [-0.4, -0.2) is 109 Å². The van der Waals surface area contributed by atoms with Crippen molar-refractivity contribution in [2.45, 2.75) is 6.04 Å². The molecular formula is C30H35N7O2. The van der Waals surface area contributed by atoms with E-state index in [4.69, 9.17) is 9.72 Å².